The molecule has 0 aliphatic carbocycles. The number of benzene rings is 2. The summed E-state index contributed by atoms with van der Waals surface area (Å²) in [7, 11) is 2.60. The van der Waals surface area contributed by atoms with E-state index in [0.29, 0.717) is 22.6 Å². The van der Waals surface area contributed by atoms with E-state index in [4.69, 9.17) is 9.47 Å². The van der Waals surface area contributed by atoms with Gasteiger partial charge in [0.25, 0.3) is 11.6 Å². The molecular weight excluding hydrogens is 422 g/mol. The van der Waals surface area contributed by atoms with Gasteiger partial charge in [0.2, 0.25) is 0 Å². The summed E-state index contributed by atoms with van der Waals surface area (Å²) >= 11 is 0. The Morgan fingerprint density at radius 2 is 1.94 bits per heavy atom. The molecule has 2 aromatic carbocycles. The van der Waals surface area contributed by atoms with Gasteiger partial charge in [-0.3, -0.25) is 19.7 Å². The minimum Gasteiger partial charge on any atom is -0.493 e. The van der Waals surface area contributed by atoms with Gasteiger partial charge >= 0.3 is 12.0 Å². The number of hydrogen-bond donors (Lipinski definition) is 1. The highest BCUT2D eigenvalue weighted by Crippen LogP contribution is 2.30. The number of nitro groups is 1. The van der Waals surface area contributed by atoms with Gasteiger partial charge in [-0.25, -0.2) is 9.69 Å². The fraction of sp³-hybridized carbons (Fsp3) is 0.190. The second-order valence-electron chi connectivity index (χ2n) is 6.58. The fourth-order valence-corrected chi connectivity index (χ4v) is 2.89. The predicted molar refractivity (Wildman–Crippen MR) is 111 cm³/mol. The summed E-state index contributed by atoms with van der Waals surface area (Å²) < 4.78 is 15.5. The lowest BCUT2D eigenvalue weighted by Gasteiger charge is -2.11. The highest BCUT2D eigenvalue weighted by atomic mass is 16.6. The first-order valence-corrected chi connectivity index (χ1v) is 9.28. The van der Waals surface area contributed by atoms with Crippen LogP contribution < -0.4 is 14.8 Å². The van der Waals surface area contributed by atoms with E-state index in [-0.39, 0.29) is 18.0 Å². The highest BCUT2D eigenvalue weighted by Gasteiger charge is 2.35. The maximum atomic E-state index is 12.4. The Morgan fingerprint density at radius 3 is 2.62 bits per heavy atom. The van der Waals surface area contributed by atoms with Crippen LogP contribution in [0.15, 0.2) is 48.2 Å². The van der Waals surface area contributed by atoms with Crippen molar-refractivity contribution in [3.63, 3.8) is 0 Å². The number of rotatable bonds is 8. The lowest BCUT2D eigenvalue weighted by molar-refractivity contribution is -0.384. The summed E-state index contributed by atoms with van der Waals surface area (Å²) in [4.78, 5) is 46.9. The molecule has 2 aromatic rings. The van der Waals surface area contributed by atoms with E-state index in [0.717, 1.165) is 12.0 Å². The minimum atomic E-state index is -0.726. The van der Waals surface area contributed by atoms with E-state index in [9.17, 15) is 24.5 Å². The molecule has 3 rings (SSSR count). The lowest BCUT2D eigenvalue weighted by atomic mass is 10.1. The summed E-state index contributed by atoms with van der Waals surface area (Å²) in [5.41, 5.74) is 1.10. The molecule has 1 aliphatic rings. The molecule has 1 fully saturated rings. The molecule has 166 valence electrons. The maximum Gasteiger partial charge on any atom is 0.329 e. The summed E-state index contributed by atoms with van der Waals surface area (Å²) in [6, 6.07) is 10.2. The number of ether oxygens (including phenoxy) is 3. The molecule has 0 saturated carbocycles. The number of hydrogen-bond acceptors (Lipinski definition) is 8. The van der Waals surface area contributed by atoms with Gasteiger partial charge in [0.15, 0.2) is 11.5 Å². The van der Waals surface area contributed by atoms with Crippen LogP contribution in [-0.2, 0) is 20.9 Å². The van der Waals surface area contributed by atoms with E-state index < -0.39 is 29.4 Å². The minimum absolute atomic E-state index is 0.00813. The normalized spacial score (nSPS) is 14.3. The van der Waals surface area contributed by atoms with Gasteiger partial charge in [0.1, 0.15) is 18.8 Å². The van der Waals surface area contributed by atoms with Gasteiger partial charge in [-0.05, 0) is 29.3 Å². The Balaban J connectivity index is 1.75. The fourth-order valence-electron chi connectivity index (χ4n) is 2.89. The Bertz CT molecular complexity index is 1110. The van der Waals surface area contributed by atoms with Crippen LogP contribution in [0.4, 0.5) is 10.5 Å². The van der Waals surface area contributed by atoms with Crippen LogP contribution in [0.3, 0.4) is 0 Å². The van der Waals surface area contributed by atoms with E-state index in [1.165, 1.54) is 25.3 Å². The van der Waals surface area contributed by atoms with Crippen molar-refractivity contribution in [3.8, 4) is 11.5 Å². The summed E-state index contributed by atoms with van der Waals surface area (Å²) in [6.07, 6.45) is 1.43. The molecule has 1 N–H and O–H groups in total. The van der Waals surface area contributed by atoms with Crippen molar-refractivity contribution in [1.82, 2.24) is 10.2 Å². The van der Waals surface area contributed by atoms with Gasteiger partial charge in [-0.2, -0.15) is 0 Å². The number of esters is 1. The maximum absolute atomic E-state index is 12.4. The molecule has 0 atom stereocenters. The topological polar surface area (TPSA) is 137 Å². The third-order valence-electron chi connectivity index (χ3n) is 4.49. The van der Waals surface area contributed by atoms with Crippen LogP contribution in [0.5, 0.6) is 11.5 Å². The molecular formula is C21H19N3O8. The Hall–Kier alpha value is -4.41. The zero-order valence-electron chi connectivity index (χ0n) is 17.2. The van der Waals surface area contributed by atoms with E-state index in [2.05, 4.69) is 10.1 Å². The Labute approximate surface area is 182 Å². The summed E-state index contributed by atoms with van der Waals surface area (Å²) in [5.74, 6) is -0.643. The summed E-state index contributed by atoms with van der Waals surface area (Å²) in [5, 5.41) is 13.3. The Kier molecular flexibility index (Phi) is 6.68. The molecule has 0 radical (unpaired) electrons. The van der Waals surface area contributed by atoms with Crippen LogP contribution in [0.2, 0.25) is 0 Å². The molecule has 1 heterocycles. The first kappa shape index (κ1) is 22.3. The molecule has 1 saturated heterocycles. The average molecular weight is 441 g/mol. The number of imide groups is 1. The van der Waals surface area contributed by atoms with Crippen LogP contribution in [0, 0.1) is 10.1 Å². The van der Waals surface area contributed by atoms with Crippen molar-refractivity contribution in [1.29, 1.82) is 0 Å². The largest absolute Gasteiger partial charge is 0.493 e. The number of nitro benzene ring substituents is 1. The molecule has 0 unspecified atom stereocenters. The van der Waals surface area contributed by atoms with Crippen LogP contribution >= 0.6 is 0 Å². The molecule has 1 aliphatic heterocycles. The number of amides is 3. The molecule has 0 bridgehead atoms. The van der Waals surface area contributed by atoms with Gasteiger partial charge in [-0.1, -0.05) is 18.2 Å². The average Bonchev–Trinajstić information content (AvgIpc) is 3.05. The first-order chi connectivity index (χ1) is 15.3. The standard InChI is InChI=1S/C21H19N3O8/c1-30-18-10-13(9-16-20(26)23(21(27)22-16)11-19(25)31-2)6-7-17(18)32-12-14-4-3-5-15(8-14)24(28)29/h3-10H,11-12H2,1-2H3,(H,22,27). The SMILES string of the molecule is COC(=O)CN1C(=O)NC(=Cc2ccc(OCc3cccc([N+](=O)[O-])c3)c(OC)c2)C1=O. The number of methoxy groups -OCH3 is 2. The van der Waals surface area contributed by atoms with Crippen molar-refractivity contribution in [2.24, 2.45) is 0 Å². The molecule has 11 nitrogen and oxygen atoms in total. The van der Waals surface area contributed by atoms with Crippen LogP contribution in [-0.4, -0.2) is 48.5 Å². The number of nitrogens with zero attached hydrogens (tertiary/aromatic N) is 2. The van der Waals surface area contributed by atoms with Crippen LogP contribution in [0.1, 0.15) is 11.1 Å². The predicted octanol–water partition coefficient (Wildman–Crippen LogP) is 2.25. The number of carbonyl (C=O) groups is 3. The zero-order valence-corrected chi connectivity index (χ0v) is 17.2. The van der Waals surface area contributed by atoms with Gasteiger partial charge < -0.3 is 19.5 Å². The van der Waals surface area contributed by atoms with Crippen molar-refractivity contribution in [2.75, 3.05) is 20.8 Å². The lowest BCUT2D eigenvalue weighted by Crippen LogP contribution is -2.36. The molecule has 32 heavy (non-hydrogen) atoms. The van der Waals surface area contributed by atoms with Crippen molar-refractivity contribution in [3.05, 3.63) is 69.4 Å². The summed E-state index contributed by atoms with van der Waals surface area (Å²) in [6.45, 7) is -0.415. The number of non-ortho nitro benzene ring substituents is 1. The third-order valence-corrected chi connectivity index (χ3v) is 4.49. The number of urea groups is 1. The second-order valence-corrected chi connectivity index (χ2v) is 6.58. The quantitative estimate of drug-likeness (QED) is 0.216. The molecule has 3 amide bonds. The van der Waals surface area contributed by atoms with Crippen molar-refractivity contribution >= 4 is 29.7 Å². The third kappa shape index (κ3) is 5.01. The first-order valence-electron chi connectivity index (χ1n) is 9.28. The smallest absolute Gasteiger partial charge is 0.329 e. The van der Waals surface area contributed by atoms with Crippen LogP contribution in [0.25, 0.3) is 6.08 Å². The van der Waals surface area contributed by atoms with Gasteiger partial charge in [0.05, 0.1) is 19.1 Å². The number of nitrogens with one attached hydrogen (secondary N) is 1. The zero-order chi connectivity index (χ0) is 23.3. The highest BCUT2D eigenvalue weighted by molar-refractivity contribution is 6.15. The van der Waals surface area contributed by atoms with E-state index >= 15 is 0 Å². The van der Waals surface area contributed by atoms with E-state index in [1.807, 2.05) is 0 Å². The molecule has 0 aromatic heterocycles. The monoisotopic (exact) mass is 441 g/mol. The number of carbonyl (C=O) groups excluding carboxylic acids is 3. The van der Waals surface area contributed by atoms with E-state index in [1.54, 1.807) is 30.3 Å². The van der Waals surface area contributed by atoms with Crippen molar-refractivity contribution < 1.29 is 33.5 Å². The Morgan fingerprint density at radius 1 is 1.16 bits per heavy atom. The van der Waals surface area contributed by atoms with Gasteiger partial charge in [0, 0.05) is 12.1 Å². The van der Waals surface area contributed by atoms with Crippen molar-refractivity contribution in [2.45, 2.75) is 6.61 Å². The van der Waals surface area contributed by atoms with Gasteiger partial charge in [-0.15, -0.1) is 0 Å². The second kappa shape index (κ2) is 9.60. The molecule has 0 spiro atoms. The molecule has 11 heteroatoms.